The molecule has 11 heteroatoms. The van der Waals surface area contributed by atoms with Gasteiger partial charge in [-0.25, -0.2) is 23.8 Å². The Bertz CT molecular complexity index is 1730. The van der Waals surface area contributed by atoms with Crippen LogP contribution in [0.4, 0.5) is 13.6 Å². The smallest absolute Gasteiger partial charge is 0.339 e. The van der Waals surface area contributed by atoms with Gasteiger partial charge in [0, 0.05) is 29.8 Å². The van der Waals surface area contributed by atoms with Crippen LogP contribution in [0.2, 0.25) is 0 Å². The molecule has 46 heavy (non-hydrogen) atoms. The normalized spacial score (nSPS) is 14.6. The van der Waals surface area contributed by atoms with E-state index in [1.54, 1.807) is 0 Å². The van der Waals surface area contributed by atoms with Gasteiger partial charge in [0.05, 0.1) is 19.3 Å². The highest BCUT2D eigenvalue weighted by molar-refractivity contribution is 5.95. The Balaban J connectivity index is 1.59. The van der Waals surface area contributed by atoms with Crippen LogP contribution in [0.1, 0.15) is 82.6 Å². The number of amides is 3. The lowest BCUT2D eigenvalue weighted by molar-refractivity contribution is -0.164. The molecule has 2 heterocycles. The van der Waals surface area contributed by atoms with Gasteiger partial charge in [-0.05, 0) is 118 Å². The molecule has 0 saturated carbocycles. The summed E-state index contributed by atoms with van der Waals surface area (Å²) in [4.78, 5) is 40.7. The monoisotopic (exact) mass is 635 g/mol. The topological polar surface area (TPSA) is 106 Å². The quantitative estimate of drug-likeness (QED) is 0.253. The van der Waals surface area contributed by atoms with Crippen molar-refractivity contribution in [1.82, 2.24) is 15.8 Å². The highest BCUT2D eigenvalue weighted by Gasteiger charge is 2.38. The first-order valence-corrected chi connectivity index (χ1v) is 15.2. The fourth-order valence-corrected chi connectivity index (χ4v) is 6.33. The predicted octanol–water partition coefficient (Wildman–Crippen LogP) is 6.28. The Kier molecular flexibility index (Phi) is 9.08. The Hall–Kier alpha value is -4.51. The summed E-state index contributed by atoms with van der Waals surface area (Å²) in [5.41, 5.74) is 10.6. The molecule has 0 radical (unpaired) electrons. The molecular weight excluding hydrogens is 596 g/mol. The molecule has 3 aromatic rings. The van der Waals surface area contributed by atoms with Gasteiger partial charge in [0.1, 0.15) is 5.82 Å². The van der Waals surface area contributed by atoms with E-state index in [1.807, 2.05) is 41.5 Å². The second kappa shape index (κ2) is 12.7. The summed E-state index contributed by atoms with van der Waals surface area (Å²) >= 11 is 0. The van der Waals surface area contributed by atoms with Crippen molar-refractivity contribution in [2.75, 3.05) is 13.7 Å². The number of hydrogen-bond acceptors (Lipinski definition) is 6. The van der Waals surface area contributed by atoms with Crippen molar-refractivity contribution in [3.63, 3.8) is 0 Å². The van der Waals surface area contributed by atoms with Crippen LogP contribution in [0.3, 0.4) is 0 Å². The van der Waals surface area contributed by atoms with Crippen LogP contribution in [0.15, 0.2) is 30.3 Å². The van der Waals surface area contributed by atoms with Crippen LogP contribution in [0, 0.1) is 32.4 Å². The number of fused-ring (bicyclic) bond motifs is 2. The Morgan fingerprint density at radius 1 is 0.957 bits per heavy atom. The number of halogens is 2. The number of carbonyl (C=O) groups excluding carboxylic acids is 3. The molecule has 0 saturated heterocycles. The molecule has 0 aromatic heterocycles. The first-order valence-electron chi connectivity index (χ1n) is 15.2. The number of urea groups is 1. The maximum atomic E-state index is 15.6. The highest BCUT2D eigenvalue weighted by atomic mass is 19.1. The van der Waals surface area contributed by atoms with E-state index in [-0.39, 0.29) is 24.4 Å². The van der Waals surface area contributed by atoms with Gasteiger partial charge in [-0.15, -0.1) is 0 Å². The standard InChI is InChI=1S/C35H39F2N3O6/c1-18-23-12-9-13-45-30(23)27(37)15-24(18)28-19(2)25-16-40(34(43)39-38-32(41)21-10-8-11-22(36)14-21)17-26(25)20(3)29(28)31(33(42)44-7)46-35(4,5)6/h8,10-11,14-15,31H,9,12-13,16-17H2,1-7H3,(H,38,41)(H,39,43)/t31-/m0/s1. The summed E-state index contributed by atoms with van der Waals surface area (Å²) in [5, 5.41) is 0. The Morgan fingerprint density at radius 2 is 1.65 bits per heavy atom. The number of ether oxygens (including phenoxy) is 3. The van der Waals surface area contributed by atoms with Crippen molar-refractivity contribution in [3.05, 3.63) is 86.5 Å². The first kappa shape index (κ1) is 32.9. The van der Waals surface area contributed by atoms with E-state index in [0.717, 1.165) is 40.3 Å². The average molecular weight is 636 g/mol. The molecule has 3 amide bonds. The summed E-state index contributed by atoms with van der Waals surface area (Å²) in [6, 6.07) is 5.99. The van der Waals surface area contributed by atoms with E-state index in [1.165, 1.54) is 36.3 Å². The molecule has 244 valence electrons. The van der Waals surface area contributed by atoms with Gasteiger partial charge in [0.25, 0.3) is 5.91 Å². The Morgan fingerprint density at radius 3 is 2.30 bits per heavy atom. The Labute approximate surface area is 267 Å². The van der Waals surface area contributed by atoms with Gasteiger partial charge in [0.15, 0.2) is 17.7 Å². The van der Waals surface area contributed by atoms with E-state index in [9.17, 15) is 18.8 Å². The van der Waals surface area contributed by atoms with Gasteiger partial charge in [-0.1, -0.05) is 6.07 Å². The van der Waals surface area contributed by atoms with Crippen LogP contribution < -0.4 is 15.6 Å². The number of rotatable bonds is 5. The molecule has 0 spiro atoms. The van der Waals surface area contributed by atoms with Crippen molar-refractivity contribution >= 4 is 17.9 Å². The van der Waals surface area contributed by atoms with Gasteiger partial charge >= 0.3 is 12.0 Å². The number of carbonyl (C=O) groups is 3. The van der Waals surface area contributed by atoms with E-state index in [2.05, 4.69) is 10.9 Å². The summed E-state index contributed by atoms with van der Waals surface area (Å²) in [5.74, 6) is -2.08. The minimum atomic E-state index is -1.15. The van der Waals surface area contributed by atoms with Crippen LogP contribution in [-0.2, 0) is 33.8 Å². The van der Waals surface area contributed by atoms with E-state index in [4.69, 9.17) is 14.2 Å². The first-order chi connectivity index (χ1) is 21.7. The van der Waals surface area contributed by atoms with Crippen molar-refractivity contribution in [1.29, 1.82) is 0 Å². The van der Waals surface area contributed by atoms with Crippen molar-refractivity contribution in [2.24, 2.45) is 0 Å². The summed E-state index contributed by atoms with van der Waals surface area (Å²) in [7, 11) is 1.29. The SMILES string of the molecule is COC(=O)[C@@H](OC(C)(C)C)c1c(C)c2c(c(C)c1-c1cc(F)c3c(c1C)CCCO3)CN(C(=O)NNC(=O)c1cccc(F)c1)C2. The van der Waals surface area contributed by atoms with Crippen molar-refractivity contribution < 1.29 is 37.4 Å². The third kappa shape index (κ3) is 6.28. The lowest BCUT2D eigenvalue weighted by atomic mass is 9.80. The lowest BCUT2D eigenvalue weighted by Gasteiger charge is -2.31. The molecular formula is C35H39F2N3O6. The number of benzene rings is 3. The number of methoxy groups -OCH3 is 1. The number of esters is 1. The summed E-state index contributed by atoms with van der Waals surface area (Å²) < 4.78 is 46.5. The molecule has 0 bridgehead atoms. The number of nitrogens with zero attached hydrogens (tertiary/aromatic N) is 1. The highest BCUT2D eigenvalue weighted by Crippen LogP contribution is 2.47. The molecule has 3 aromatic carbocycles. The van der Waals surface area contributed by atoms with Crippen molar-refractivity contribution in [3.8, 4) is 16.9 Å². The van der Waals surface area contributed by atoms with E-state index in [0.29, 0.717) is 35.3 Å². The van der Waals surface area contributed by atoms with Crippen LogP contribution in [0.5, 0.6) is 5.75 Å². The zero-order valence-electron chi connectivity index (χ0n) is 27.2. The maximum Gasteiger partial charge on any atom is 0.339 e. The predicted molar refractivity (Wildman–Crippen MR) is 167 cm³/mol. The van der Waals surface area contributed by atoms with Gasteiger partial charge < -0.3 is 19.1 Å². The number of hydrazine groups is 1. The third-order valence-electron chi connectivity index (χ3n) is 8.53. The fraction of sp³-hybridized carbons (Fsp3) is 0.400. The van der Waals surface area contributed by atoms with E-state index >= 15 is 4.39 Å². The van der Waals surface area contributed by atoms with Crippen molar-refractivity contribution in [2.45, 2.75) is 79.2 Å². The largest absolute Gasteiger partial charge is 0.490 e. The molecule has 0 fully saturated rings. The zero-order valence-corrected chi connectivity index (χ0v) is 27.2. The molecule has 1 atom stereocenters. The van der Waals surface area contributed by atoms with Gasteiger partial charge in [-0.3, -0.25) is 10.2 Å². The molecule has 5 rings (SSSR count). The molecule has 2 aliphatic heterocycles. The second-order valence-corrected chi connectivity index (χ2v) is 12.7. The number of hydrogen-bond donors (Lipinski definition) is 2. The van der Waals surface area contributed by atoms with Crippen LogP contribution in [0.25, 0.3) is 11.1 Å². The minimum absolute atomic E-state index is 0.0525. The van der Waals surface area contributed by atoms with E-state index < -0.39 is 41.2 Å². The molecule has 0 aliphatic carbocycles. The van der Waals surface area contributed by atoms with Gasteiger partial charge in [-0.2, -0.15) is 0 Å². The maximum absolute atomic E-state index is 15.6. The summed E-state index contributed by atoms with van der Waals surface area (Å²) in [6.45, 7) is 12.0. The van der Waals surface area contributed by atoms with Crippen LogP contribution >= 0.6 is 0 Å². The molecule has 2 aliphatic rings. The zero-order chi connectivity index (χ0) is 33.5. The second-order valence-electron chi connectivity index (χ2n) is 12.7. The average Bonchev–Trinajstić information content (AvgIpc) is 3.48. The fourth-order valence-electron chi connectivity index (χ4n) is 6.33. The van der Waals surface area contributed by atoms with Crippen LogP contribution in [-0.4, -0.2) is 42.1 Å². The molecule has 0 unspecified atom stereocenters. The third-order valence-corrected chi connectivity index (χ3v) is 8.53. The molecule has 2 N–H and O–H groups in total. The minimum Gasteiger partial charge on any atom is -0.490 e. The van der Waals surface area contributed by atoms with Gasteiger partial charge in [0.2, 0.25) is 0 Å². The number of nitrogens with one attached hydrogen (secondary N) is 2. The lowest BCUT2D eigenvalue weighted by Crippen LogP contribution is -2.47. The summed E-state index contributed by atoms with van der Waals surface area (Å²) in [6.07, 6.45) is 0.259. The molecule has 9 nitrogen and oxygen atoms in total.